The molecule has 19 heavy (non-hydrogen) atoms. The first-order valence-electron chi connectivity index (χ1n) is 5.93. The van der Waals surface area contributed by atoms with Crippen LogP contribution in [0.4, 0.5) is 0 Å². The number of rotatable bonds is 4. The van der Waals surface area contributed by atoms with Gasteiger partial charge in [0.05, 0.1) is 0 Å². The number of allylic oxidation sites excluding steroid dienone is 3. The van der Waals surface area contributed by atoms with Gasteiger partial charge in [-0.15, -0.1) is 0 Å². The molecule has 2 heteroatoms. The van der Waals surface area contributed by atoms with Gasteiger partial charge in [0.1, 0.15) is 0 Å². The summed E-state index contributed by atoms with van der Waals surface area (Å²) in [6.45, 7) is 0. The molecule has 0 aromatic heterocycles. The maximum absolute atomic E-state index is 8.69. The summed E-state index contributed by atoms with van der Waals surface area (Å²) in [7, 11) is 0. The van der Waals surface area contributed by atoms with Gasteiger partial charge in [-0.05, 0) is 0 Å². The number of nitriles is 1. The van der Waals surface area contributed by atoms with Crippen LogP contribution in [-0.4, -0.2) is 20.9 Å². The molecule has 1 nitrogen and oxygen atoms in total. The summed E-state index contributed by atoms with van der Waals surface area (Å²) in [5.41, 5.74) is 2.29. The molecule has 0 atom stereocenters. The Balaban J connectivity index is 2.24. The fourth-order valence-electron chi connectivity index (χ4n) is 1.59. The van der Waals surface area contributed by atoms with Crippen LogP contribution in [0.3, 0.4) is 0 Å². The van der Waals surface area contributed by atoms with Crippen LogP contribution in [-0.2, 0) is 0 Å². The van der Waals surface area contributed by atoms with Crippen molar-refractivity contribution in [3.8, 4) is 6.07 Å². The minimum absolute atomic E-state index is 0.369. The normalized spacial score (nSPS) is 11.4. The molecule has 0 aliphatic heterocycles. The molecule has 0 aliphatic carbocycles. The van der Waals surface area contributed by atoms with Crippen molar-refractivity contribution >= 4 is 30.1 Å². The molecule has 0 unspecified atom stereocenters. The Bertz CT molecular complexity index is 607. The third-order valence-corrected chi connectivity index (χ3v) is 5.12. The van der Waals surface area contributed by atoms with E-state index in [-0.39, 0.29) is 20.9 Å². The Hall–Kier alpha value is -1.80. The average Bonchev–Trinajstić information content (AvgIpc) is 2.49. The second-order valence-electron chi connectivity index (χ2n) is 3.83. The summed E-state index contributed by atoms with van der Waals surface area (Å²) in [6, 6.07) is 22.8. The van der Waals surface area contributed by atoms with Gasteiger partial charge in [0.25, 0.3) is 0 Å². The number of hydrogen-bond donors (Lipinski definition) is 0. The van der Waals surface area contributed by atoms with Crippen molar-refractivity contribution in [3.63, 3.8) is 0 Å². The topological polar surface area (TPSA) is 23.8 Å². The molecular formula is C17H13NTe. The molecule has 0 saturated heterocycles. The Morgan fingerprint density at radius 3 is 2.21 bits per heavy atom. The van der Waals surface area contributed by atoms with E-state index in [1.807, 2.05) is 30.3 Å². The van der Waals surface area contributed by atoms with E-state index in [2.05, 4.69) is 46.6 Å². The molecule has 0 bridgehead atoms. The van der Waals surface area contributed by atoms with Gasteiger partial charge in [-0.25, -0.2) is 0 Å². The molecule has 0 radical (unpaired) electrons. The quantitative estimate of drug-likeness (QED) is 0.468. The molecule has 92 valence electrons. The van der Waals surface area contributed by atoms with E-state index in [1.165, 1.54) is 9.69 Å². The van der Waals surface area contributed by atoms with Gasteiger partial charge in [-0.1, -0.05) is 0 Å². The Kier molecular flexibility index (Phi) is 5.45. The molecule has 0 saturated carbocycles. The van der Waals surface area contributed by atoms with Gasteiger partial charge in [-0.3, -0.25) is 0 Å². The van der Waals surface area contributed by atoms with Gasteiger partial charge in [-0.2, -0.15) is 0 Å². The summed E-state index contributed by atoms with van der Waals surface area (Å²) < 4.78 is 3.68. The molecule has 0 N–H and O–H groups in total. The zero-order valence-corrected chi connectivity index (χ0v) is 12.7. The van der Waals surface area contributed by atoms with Crippen LogP contribution in [0.15, 0.2) is 76.9 Å². The van der Waals surface area contributed by atoms with Crippen molar-refractivity contribution in [1.82, 2.24) is 0 Å². The first kappa shape index (κ1) is 13.6. The average molecular weight is 359 g/mol. The molecule has 0 fully saturated rings. The Morgan fingerprint density at radius 1 is 0.947 bits per heavy atom. The van der Waals surface area contributed by atoms with E-state index in [9.17, 15) is 0 Å². The van der Waals surface area contributed by atoms with Crippen LogP contribution in [0.1, 0.15) is 5.56 Å². The van der Waals surface area contributed by atoms with Crippen molar-refractivity contribution in [1.29, 1.82) is 5.26 Å². The van der Waals surface area contributed by atoms with E-state index in [4.69, 9.17) is 5.26 Å². The Morgan fingerprint density at radius 2 is 1.58 bits per heavy atom. The summed E-state index contributed by atoms with van der Waals surface area (Å²) >= 11 is -0.369. The maximum atomic E-state index is 8.69. The van der Waals surface area contributed by atoms with Gasteiger partial charge < -0.3 is 0 Å². The molecule has 0 spiro atoms. The molecule has 2 rings (SSSR count). The number of nitrogens with zero attached hydrogens (tertiary/aromatic N) is 1. The van der Waals surface area contributed by atoms with Gasteiger partial charge in [0.15, 0.2) is 0 Å². The predicted molar refractivity (Wildman–Crippen MR) is 81.0 cm³/mol. The molecule has 0 aliphatic rings. The van der Waals surface area contributed by atoms with Crippen LogP contribution in [0.25, 0.3) is 5.57 Å². The Labute approximate surface area is 124 Å². The predicted octanol–water partition coefficient (Wildman–Crippen LogP) is 3.14. The first-order chi connectivity index (χ1) is 9.40. The molecule has 0 amide bonds. The van der Waals surface area contributed by atoms with Crippen molar-refractivity contribution in [2.45, 2.75) is 0 Å². The summed E-state index contributed by atoms with van der Waals surface area (Å²) in [5, 5.41) is 8.69. The standard InChI is InChI=1S/C17H13NTe/c18-13-7-10-16(15-8-3-1-4-9-15)14-19-17-11-5-2-6-12-17/h1-12,14H/b10-7+,16-14-. The van der Waals surface area contributed by atoms with Gasteiger partial charge in [0, 0.05) is 0 Å². The second kappa shape index (κ2) is 7.59. The molecule has 2 aromatic carbocycles. The second-order valence-corrected chi connectivity index (χ2v) is 6.52. The molecule has 0 heterocycles. The fourth-order valence-corrected chi connectivity index (χ4v) is 3.85. The number of hydrogen-bond acceptors (Lipinski definition) is 1. The van der Waals surface area contributed by atoms with Crippen LogP contribution in [0.5, 0.6) is 0 Å². The van der Waals surface area contributed by atoms with E-state index in [0.29, 0.717) is 0 Å². The fraction of sp³-hybridized carbons (Fsp3) is 0. The third-order valence-electron chi connectivity index (χ3n) is 2.51. The zero-order valence-electron chi connectivity index (χ0n) is 10.4. The van der Waals surface area contributed by atoms with Crippen molar-refractivity contribution < 1.29 is 0 Å². The van der Waals surface area contributed by atoms with Crippen LogP contribution in [0.2, 0.25) is 0 Å². The summed E-state index contributed by atoms with van der Waals surface area (Å²) in [4.78, 5) is 0. The van der Waals surface area contributed by atoms with Crippen LogP contribution < -0.4 is 3.61 Å². The molecule has 2 aromatic rings. The van der Waals surface area contributed by atoms with Gasteiger partial charge >= 0.3 is 124 Å². The van der Waals surface area contributed by atoms with Crippen molar-refractivity contribution in [3.05, 3.63) is 82.5 Å². The minimum atomic E-state index is -0.369. The number of benzene rings is 2. The monoisotopic (exact) mass is 361 g/mol. The van der Waals surface area contributed by atoms with E-state index >= 15 is 0 Å². The van der Waals surface area contributed by atoms with E-state index in [0.717, 1.165) is 11.1 Å². The zero-order chi connectivity index (χ0) is 13.3. The van der Waals surface area contributed by atoms with Crippen LogP contribution >= 0.6 is 0 Å². The van der Waals surface area contributed by atoms with Crippen molar-refractivity contribution in [2.75, 3.05) is 0 Å². The van der Waals surface area contributed by atoms with Crippen molar-refractivity contribution in [2.24, 2.45) is 0 Å². The first-order valence-corrected chi connectivity index (χ1v) is 8.44. The summed E-state index contributed by atoms with van der Waals surface area (Å²) in [6.07, 6.45) is 3.43. The summed E-state index contributed by atoms with van der Waals surface area (Å²) in [5.74, 6) is 0. The third kappa shape index (κ3) is 4.42. The van der Waals surface area contributed by atoms with Crippen LogP contribution in [0, 0.1) is 11.3 Å². The van der Waals surface area contributed by atoms with Gasteiger partial charge in [0.2, 0.25) is 0 Å². The van der Waals surface area contributed by atoms with E-state index in [1.54, 1.807) is 0 Å². The molecular weight excluding hydrogens is 346 g/mol. The SMILES string of the molecule is N#C/C=C/C(=C/[Te]c1ccccc1)c1ccccc1. The van der Waals surface area contributed by atoms with E-state index < -0.39 is 0 Å².